The molecule has 3 rings (SSSR count). The molecule has 1 fully saturated rings. The number of halogens is 1. The maximum Gasteiger partial charge on any atom is 0.191 e. The van der Waals surface area contributed by atoms with Crippen LogP contribution >= 0.6 is 35.3 Å². The van der Waals surface area contributed by atoms with Gasteiger partial charge in [-0.05, 0) is 38.6 Å². The summed E-state index contributed by atoms with van der Waals surface area (Å²) in [6.07, 6.45) is 1.13. The number of aryl methyl sites for hydroxylation is 2. The molecule has 162 valence electrons. The molecule has 0 aliphatic carbocycles. The van der Waals surface area contributed by atoms with Gasteiger partial charge in [-0.15, -0.1) is 35.3 Å². The zero-order chi connectivity index (χ0) is 19.9. The number of guanidine groups is 1. The zero-order valence-corrected chi connectivity index (χ0v) is 20.8. The van der Waals surface area contributed by atoms with Crippen molar-refractivity contribution in [3.8, 4) is 0 Å². The predicted octanol–water partition coefficient (Wildman–Crippen LogP) is 3.14. The largest absolute Gasteiger partial charge is 0.376 e. The number of ether oxygens (including phenoxy) is 1. The van der Waals surface area contributed by atoms with Gasteiger partial charge >= 0.3 is 0 Å². The van der Waals surface area contributed by atoms with E-state index >= 15 is 0 Å². The second kappa shape index (κ2) is 11.9. The van der Waals surface area contributed by atoms with Crippen LogP contribution in [0.5, 0.6) is 0 Å². The molecule has 1 aliphatic heterocycles. The molecule has 0 aromatic carbocycles. The SMILES string of the molecule is CN=C(NCCc1c(C)noc1C)NCC(c1cccs1)N1CCOC(C)C1.I. The molecule has 2 N–H and O–H groups in total. The first-order valence-corrected chi connectivity index (χ1v) is 10.7. The number of nitrogens with one attached hydrogen (secondary N) is 2. The standard InChI is InChI=1S/C20H31N5O2S.HI/c1-14-13-25(9-10-26-14)18(19-6-5-11-28-19)12-23-20(21-4)22-8-7-17-15(2)24-27-16(17)3;/h5-6,11,14,18H,7-10,12-13H2,1-4H3,(H2,21,22,23);1H. The highest BCUT2D eigenvalue weighted by atomic mass is 127. The van der Waals surface area contributed by atoms with E-state index in [9.17, 15) is 0 Å². The molecule has 2 aromatic rings. The Morgan fingerprint density at radius 1 is 1.41 bits per heavy atom. The van der Waals surface area contributed by atoms with Gasteiger partial charge in [0, 0.05) is 43.7 Å². The first-order valence-electron chi connectivity index (χ1n) is 9.83. The van der Waals surface area contributed by atoms with Gasteiger partial charge in [-0.3, -0.25) is 9.89 Å². The lowest BCUT2D eigenvalue weighted by molar-refractivity contribution is -0.0334. The van der Waals surface area contributed by atoms with Gasteiger partial charge in [-0.25, -0.2) is 0 Å². The van der Waals surface area contributed by atoms with Crippen LogP contribution in [0.4, 0.5) is 0 Å². The van der Waals surface area contributed by atoms with Crippen molar-refractivity contribution in [3.63, 3.8) is 0 Å². The molecule has 0 spiro atoms. The van der Waals surface area contributed by atoms with Gasteiger partial charge in [0.1, 0.15) is 5.76 Å². The molecule has 2 atom stereocenters. The average Bonchev–Trinajstić information content (AvgIpc) is 3.32. The van der Waals surface area contributed by atoms with Gasteiger partial charge in [-0.1, -0.05) is 11.2 Å². The quantitative estimate of drug-likeness (QED) is 0.324. The van der Waals surface area contributed by atoms with Crippen LogP contribution in [-0.2, 0) is 11.2 Å². The van der Waals surface area contributed by atoms with Crippen molar-refractivity contribution in [1.29, 1.82) is 0 Å². The summed E-state index contributed by atoms with van der Waals surface area (Å²) in [6.45, 7) is 10.3. The number of hydrogen-bond donors (Lipinski definition) is 2. The highest BCUT2D eigenvalue weighted by Gasteiger charge is 2.26. The van der Waals surface area contributed by atoms with E-state index in [0.717, 1.165) is 56.6 Å². The molecule has 0 amide bonds. The fourth-order valence-corrected chi connectivity index (χ4v) is 4.46. The third kappa shape index (κ3) is 6.66. The van der Waals surface area contributed by atoms with Crippen molar-refractivity contribution in [2.24, 2.45) is 4.99 Å². The number of hydrogen-bond acceptors (Lipinski definition) is 6. The summed E-state index contributed by atoms with van der Waals surface area (Å²) in [5.74, 6) is 1.70. The van der Waals surface area contributed by atoms with Crippen molar-refractivity contribution >= 4 is 41.3 Å². The van der Waals surface area contributed by atoms with E-state index in [4.69, 9.17) is 9.26 Å². The van der Waals surface area contributed by atoms with E-state index in [0.29, 0.717) is 6.04 Å². The molecule has 0 radical (unpaired) electrons. The Balaban J connectivity index is 0.00000300. The summed E-state index contributed by atoms with van der Waals surface area (Å²) in [4.78, 5) is 8.25. The summed E-state index contributed by atoms with van der Waals surface area (Å²) in [7, 11) is 1.81. The van der Waals surface area contributed by atoms with E-state index in [1.54, 1.807) is 11.3 Å². The van der Waals surface area contributed by atoms with Crippen LogP contribution in [0.1, 0.15) is 34.9 Å². The molecule has 0 bridgehead atoms. The minimum Gasteiger partial charge on any atom is -0.376 e. The molecule has 7 nitrogen and oxygen atoms in total. The van der Waals surface area contributed by atoms with Crippen molar-refractivity contribution in [2.45, 2.75) is 39.3 Å². The zero-order valence-electron chi connectivity index (χ0n) is 17.6. The number of morpholine rings is 1. The molecule has 1 saturated heterocycles. The summed E-state index contributed by atoms with van der Waals surface area (Å²) < 4.78 is 11.0. The normalized spacial score (nSPS) is 18.9. The monoisotopic (exact) mass is 533 g/mol. The van der Waals surface area contributed by atoms with E-state index < -0.39 is 0 Å². The molecular weight excluding hydrogens is 501 g/mol. The summed E-state index contributed by atoms with van der Waals surface area (Å²) in [5, 5.41) is 13.1. The van der Waals surface area contributed by atoms with Gasteiger partial charge in [0.05, 0.1) is 24.4 Å². The molecule has 2 aromatic heterocycles. The summed E-state index contributed by atoms with van der Waals surface area (Å²) >= 11 is 1.80. The van der Waals surface area contributed by atoms with Gasteiger partial charge in [0.2, 0.25) is 0 Å². The third-order valence-corrected chi connectivity index (χ3v) is 6.09. The van der Waals surface area contributed by atoms with Crippen LogP contribution in [0.25, 0.3) is 0 Å². The Morgan fingerprint density at radius 3 is 2.86 bits per heavy atom. The van der Waals surface area contributed by atoms with Crippen molar-refractivity contribution in [2.75, 3.05) is 39.8 Å². The first-order chi connectivity index (χ1) is 13.6. The smallest absolute Gasteiger partial charge is 0.191 e. The molecule has 29 heavy (non-hydrogen) atoms. The first kappa shape index (κ1) is 24.1. The van der Waals surface area contributed by atoms with Crippen LogP contribution in [-0.4, -0.2) is 62.0 Å². The Kier molecular flexibility index (Phi) is 9.87. The minimum absolute atomic E-state index is 0. The van der Waals surface area contributed by atoms with Crippen molar-refractivity contribution < 1.29 is 9.26 Å². The predicted molar refractivity (Wildman–Crippen MR) is 129 cm³/mol. The van der Waals surface area contributed by atoms with Gasteiger partial charge < -0.3 is 19.9 Å². The van der Waals surface area contributed by atoms with E-state index in [1.165, 1.54) is 10.4 Å². The van der Waals surface area contributed by atoms with E-state index in [1.807, 2.05) is 20.9 Å². The summed E-state index contributed by atoms with van der Waals surface area (Å²) in [5.41, 5.74) is 2.13. The highest BCUT2D eigenvalue weighted by molar-refractivity contribution is 14.0. The fraction of sp³-hybridized carbons (Fsp3) is 0.600. The third-order valence-electron chi connectivity index (χ3n) is 5.12. The van der Waals surface area contributed by atoms with Crippen LogP contribution < -0.4 is 10.6 Å². The van der Waals surface area contributed by atoms with E-state index in [-0.39, 0.29) is 30.1 Å². The topological polar surface area (TPSA) is 74.9 Å². The van der Waals surface area contributed by atoms with Gasteiger partial charge in [-0.2, -0.15) is 0 Å². The average molecular weight is 533 g/mol. The highest BCUT2D eigenvalue weighted by Crippen LogP contribution is 2.26. The summed E-state index contributed by atoms with van der Waals surface area (Å²) in [6, 6.07) is 4.64. The van der Waals surface area contributed by atoms with Crippen LogP contribution in [0.2, 0.25) is 0 Å². The minimum atomic E-state index is 0. The number of aliphatic imine (C=N–C) groups is 1. The molecule has 3 heterocycles. The van der Waals surface area contributed by atoms with Crippen LogP contribution in [0.3, 0.4) is 0 Å². The molecular formula is C20H32IN5O2S. The Labute approximate surface area is 194 Å². The Bertz CT molecular complexity index is 746. The number of aromatic nitrogens is 1. The second-order valence-electron chi connectivity index (χ2n) is 7.14. The fourth-order valence-electron chi connectivity index (χ4n) is 3.60. The van der Waals surface area contributed by atoms with Crippen LogP contribution in [0.15, 0.2) is 27.0 Å². The number of rotatable bonds is 7. The maximum atomic E-state index is 5.72. The number of thiophene rings is 1. The van der Waals surface area contributed by atoms with Crippen molar-refractivity contribution in [1.82, 2.24) is 20.7 Å². The number of nitrogens with zero attached hydrogens (tertiary/aromatic N) is 3. The lowest BCUT2D eigenvalue weighted by atomic mass is 10.1. The second-order valence-corrected chi connectivity index (χ2v) is 8.12. The lowest BCUT2D eigenvalue weighted by Gasteiger charge is -2.37. The van der Waals surface area contributed by atoms with Gasteiger partial charge in [0.25, 0.3) is 0 Å². The molecule has 9 heteroatoms. The molecule has 2 unspecified atom stereocenters. The Morgan fingerprint density at radius 2 is 2.24 bits per heavy atom. The maximum absolute atomic E-state index is 5.72. The lowest BCUT2D eigenvalue weighted by Crippen LogP contribution is -2.48. The van der Waals surface area contributed by atoms with Gasteiger partial charge in [0.15, 0.2) is 5.96 Å². The van der Waals surface area contributed by atoms with Crippen LogP contribution in [0, 0.1) is 13.8 Å². The van der Waals surface area contributed by atoms with Crippen molar-refractivity contribution in [3.05, 3.63) is 39.4 Å². The van der Waals surface area contributed by atoms with E-state index in [2.05, 4.69) is 50.1 Å². The Hall–Kier alpha value is -1.17. The molecule has 0 saturated carbocycles. The molecule has 1 aliphatic rings.